The fourth-order valence-electron chi connectivity index (χ4n) is 2.11. The first kappa shape index (κ1) is 15.3. The molecule has 0 bridgehead atoms. The molecule has 5 nitrogen and oxygen atoms in total. The second kappa shape index (κ2) is 7.04. The summed E-state index contributed by atoms with van der Waals surface area (Å²) in [4.78, 5) is 24.7. The summed E-state index contributed by atoms with van der Waals surface area (Å²) in [5.74, 6) is -0.185. The van der Waals surface area contributed by atoms with Gasteiger partial charge in [-0.25, -0.2) is 0 Å². The Morgan fingerprint density at radius 2 is 2.00 bits per heavy atom. The minimum Gasteiger partial charge on any atom is -0.395 e. The van der Waals surface area contributed by atoms with Crippen molar-refractivity contribution < 1.29 is 14.7 Å². The molecule has 1 aromatic carbocycles. The third kappa shape index (κ3) is 4.72. The predicted molar refractivity (Wildman–Crippen MR) is 81.6 cm³/mol. The van der Waals surface area contributed by atoms with Crippen molar-refractivity contribution in [3.05, 3.63) is 35.9 Å². The molecule has 5 heteroatoms. The summed E-state index contributed by atoms with van der Waals surface area (Å²) in [5, 5.41) is 11.7. The number of nitrogens with zero attached hydrogens (tertiary/aromatic N) is 1. The summed E-state index contributed by atoms with van der Waals surface area (Å²) in [5.41, 5.74) is 1.61. The van der Waals surface area contributed by atoms with E-state index < -0.39 is 0 Å². The molecule has 0 aliphatic heterocycles. The van der Waals surface area contributed by atoms with E-state index in [9.17, 15) is 9.59 Å². The predicted octanol–water partition coefficient (Wildman–Crippen LogP) is 1.64. The van der Waals surface area contributed by atoms with Gasteiger partial charge in [-0.2, -0.15) is 0 Å². The summed E-state index contributed by atoms with van der Waals surface area (Å²) < 4.78 is 0. The zero-order valence-corrected chi connectivity index (χ0v) is 12.1. The number of anilines is 1. The van der Waals surface area contributed by atoms with E-state index in [2.05, 4.69) is 5.32 Å². The highest BCUT2D eigenvalue weighted by molar-refractivity contribution is 5.92. The number of nitrogens with one attached hydrogen (secondary N) is 1. The molecule has 0 radical (unpaired) electrons. The molecule has 0 unspecified atom stereocenters. The van der Waals surface area contributed by atoms with Crippen molar-refractivity contribution in [1.29, 1.82) is 0 Å². The average Bonchev–Trinajstić information content (AvgIpc) is 3.27. The lowest BCUT2D eigenvalue weighted by Gasteiger charge is -2.19. The second-order valence-electron chi connectivity index (χ2n) is 5.12. The molecule has 1 aliphatic carbocycles. The van der Waals surface area contributed by atoms with Gasteiger partial charge in [0, 0.05) is 31.3 Å². The number of amides is 2. The quantitative estimate of drug-likeness (QED) is 0.782. The minimum absolute atomic E-state index is 0.0124. The Hall–Kier alpha value is -2.14. The van der Waals surface area contributed by atoms with E-state index >= 15 is 0 Å². The highest BCUT2D eigenvalue weighted by Gasteiger charge is 2.30. The number of benzene rings is 1. The van der Waals surface area contributed by atoms with Crippen LogP contribution in [0.1, 0.15) is 25.3 Å². The van der Waals surface area contributed by atoms with Crippen LogP contribution in [-0.4, -0.2) is 41.0 Å². The molecule has 112 valence electrons. The number of hydrogen-bond acceptors (Lipinski definition) is 3. The smallest absolute Gasteiger partial charge is 0.246 e. The molecule has 21 heavy (non-hydrogen) atoms. The maximum absolute atomic E-state index is 12.1. The zero-order chi connectivity index (χ0) is 15.2. The molecule has 1 aliphatic rings. The molecule has 1 saturated carbocycles. The lowest BCUT2D eigenvalue weighted by molar-refractivity contribution is -0.127. The molecule has 0 spiro atoms. The Morgan fingerprint density at radius 3 is 2.52 bits per heavy atom. The van der Waals surface area contributed by atoms with Crippen molar-refractivity contribution in [1.82, 2.24) is 4.90 Å². The molecule has 2 amide bonds. The zero-order valence-electron chi connectivity index (χ0n) is 12.1. The van der Waals surface area contributed by atoms with Crippen molar-refractivity contribution in [3.63, 3.8) is 0 Å². The van der Waals surface area contributed by atoms with Gasteiger partial charge in [-0.1, -0.05) is 12.1 Å². The molecule has 0 atom stereocenters. The fraction of sp³-hybridized carbons (Fsp3) is 0.375. The van der Waals surface area contributed by atoms with Gasteiger partial charge in [0.1, 0.15) is 0 Å². The van der Waals surface area contributed by atoms with Crippen LogP contribution in [0.3, 0.4) is 0 Å². The molecule has 0 heterocycles. The van der Waals surface area contributed by atoms with Gasteiger partial charge in [-0.15, -0.1) is 0 Å². The molecule has 1 fully saturated rings. The monoisotopic (exact) mass is 288 g/mol. The second-order valence-corrected chi connectivity index (χ2v) is 5.12. The highest BCUT2D eigenvalue weighted by Crippen LogP contribution is 2.26. The lowest BCUT2D eigenvalue weighted by atomic mass is 10.2. The molecule has 0 saturated heterocycles. The van der Waals surface area contributed by atoms with E-state index in [0.29, 0.717) is 6.54 Å². The molecular weight excluding hydrogens is 268 g/mol. The van der Waals surface area contributed by atoms with E-state index in [-0.39, 0.29) is 24.5 Å². The minimum atomic E-state index is -0.113. The Bertz CT molecular complexity index is 533. The van der Waals surface area contributed by atoms with Crippen LogP contribution in [0.5, 0.6) is 0 Å². The molecular formula is C16H20N2O3. The van der Waals surface area contributed by atoms with E-state index in [4.69, 9.17) is 5.11 Å². The van der Waals surface area contributed by atoms with Crippen molar-refractivity contribution in [2.24, 2.45) is 0 Å². The highest BCUT2D eigenvalue weighted by atomic mass is 16.3. The molecule has 2 N–H and O–H groups in total. The number of aliphatic hydroxyl groups is 1. The maximum atomic E-state index is 12.1. The van der Waals surface area contributed by atoms with Crippen LogP contribution in [0.15, 0.2) is 30.3 Å². The Morgan fingerprint density at radius 1 is 1.33 bits per heavy atom. The summed E-state index contributed by atoms with van der Waals surface area (Å²) in [6, 6.07) is 7.54. The molecule has 1 aromatic rings. The van der Waals surface area contributed by atoms with E-state index in [1.54, 1.807) is 23.1 Å². The molecule has 0 aromatic heterocycles. The Labute approximate surface area is 124 Å². The van der Waals surface area contributed by atoms with Gasteiger partial charge < -0.3 is 15.3 Å². The van der Waals surface area contributed by atoms with E-state index in [0.717, 1.165) is 24.1 Å². The van der Waals surface area contributed by atoms with Gasteiger partial charge in [0.15, 0.2) is 0 Å². The average molecular weight is 288 g/mol. The number of carbonyl (C=O) groups excluding carboxylic acids is 2. The summed E-state index contributed by atoms with van der Waals surface area (Å²) in [6.45, 7) is 1.83. The normalized spacial score (nSPS) is 14.2. The SMILES string of the molecule is CC(=O)Nc1ccc(/C=C/C(=O)N(CCO)C2CC2)cc1. The van der Waals surface area contributed by atoms with Crippen LogP contribution in [0.25, 0.3) is 6.08 Å². The topological polar surface area (TPSA) is 69.6 Å². The van der Waals surface area contributed by atoms with Crippen molar-refractivity contribution in [2.45, 2.75) is 25.8 Å². The van der Waals surface area contributed by atoms with Crippen LogP contribution in [0.2, 0.25) is 0 Å². The van der Waals surface area contributed by atoms with Crippen LogP contribution in [0, 0.1) is 0 Å². The van der Waals surface area contributed by atoms with Crippen LogP contribution >= 0.6 is 0 Å². The first-order valence-electron chi connectivity index (χ1n) is 7.07. The van der Waals surface area contributed by atoms with Crippen LogP contribution < -0.4 is 5.32 Å². The van der Waals surface area contributed by atoms with Gasteiger partial charge in [0.25, 0.3) is 0 Å². The van der Waals surface area contributed by atoms with E-state index in [1.165, 1.54) is 13.0 Å². The maximum Gasteiger partial charge on any atom is 0.246 e. The van der Waals surface area contributed by atoms with Crippen molar-refractivity contribution >= 4 is 23.6 Å². The Balaban J connectivity index is 1.96. The molecule has 2 rings (SSSR count). The number of rotatable bonds is 6. The fourth-order valence-corrected chi connectivity index (χ4v) is 2.11. The lowest BCUT2D eigenvalue weighted by Crippen LogP contribution is -2.34. The van der Waals surface area contributed by atoms with Gasteiger partial charge in [0.2, 0.25) is 11.8 Å². The first-order chi connectivity index (χ1) is 10.1. The Kier molecular flexibility index (Phi) is 5.11. The largest absolute Gasteiger partial charge is 0.395 e. The van der Waals surface area contributed by atoms with Crippen LogP contribution in [-0.2, 0) is 9.59 Å². The van der Waals surface area contributed by atoms with Gasteiger partial charge in [-0.05, 0) is 36.6 Å². The number of carbonyl (C=O) groups is 2. The van der Waals surface area contributed by atoms with Gasteiger partial charge >= 0.3 is 0 Å². The third-order valence-electron chi connectivity index (χ3n) is 3.26. The third-order valence-corrected chi connectivity index (χ3v) is 3.26. The number of hydrogen-bond donors (Lipinski definition) is 2. The summed E-state index contributed by atoms with van der Waals surface area (Å²) >= 11 is 0. The number of aliphatic hydroxyl groups excluding tert-OH is 1. The summed E-state index contributed by atoms with van der Waals surface area (Å²) in [6.07, 6.45) is 5.31. The van der Waals surface area contributed by atoms with Gasteiger partial charge in [0.05, 0.1) is 6.61 Å². The van der Waals surface area contributed by atoms with Crippen molar-refractivity contribution in [3.8, 4) is 0 Å². The van der Waals surface area contributed by atoms with Gasteiger partial charge in [-0.3, -0.25) is 9.59 Å². The first-order valence-corrected chi connectivity index (χ1v) is 7.07. The van der Waals surface area contributed by atoms with E-state index in [1.807, 2.05) is 12.1 Å². The van der Waals surface area contributed by atoms with Crippen molar-refractivity contribution in [2.75, 3.05) is 18.5 Å². The standard InChI is InChI=1S/C16H20N2O3/c1-12(20)17-14-5-2-13(3-6-14)4-9-16(21)18(10-11-19)15-7-8-15/h2-6,9,15,19H,7-8,10-11H2,1H3,(H,17,20)/b9-4+. The van der Waals surface area contributed by atoms with Crippen LogP contribution in [0.4, 0.5) is 5.69 Å². The summed E-state index contributed by atoms with van der Waals surface area (Å²) in [7, 11) is 0.